The molecule has 2 N–H and O–H groups in total. The predicted molar refractivity (Wildman–Crippen MR) is 101 cm³/mol. The van der Waals surface area contributed by atoms with Crippen molar-refractivity contribution in [2.75, 3.05) is 5.32 Å². The lowest BCUT2D eigenvalue weighted by Crippen LogP contribution is -2.25. The molecule has 5 heteroatoms. The van der Waals surface area contributed by atoms with Crippen molar-refractivity contribution >= 4 is 17.6 Å². The molecule has 0 fully saturated rings. The van der Waals surface area contributed by atoms with E-state index in [1.807, 2.05) is 55.5 Å². The summed E-state index contributed by atoms with van der Waals surface area (Å²) in [5.41, 5.74) is 2.04. The molecule has 0 aliphatic rings. The Morgan fingerprint density at radius 1 is 1.04 bits per heavy atom. The number of anilines is 1. The van der Waals surface area contributed by atoms with Gasteiger partial charge >= 0.3 is 5.97 Å². The molecule has 0 spiro atoms. The second-order valence-corrected chi connectivity index (χ2v) is 7.15. The molecule has 1 amide bonds. The molecule has 0 unspecified atom stereocenters. The van der Waals surface area contributed by atoms with E-state index in [9.17, 15) is 9.59 Å². The van der Waals surface area contributed by atoms with E-state index >= 15 is 0 Å². The third-order valence-corrected chi connectivity index (χ3v) is 4.13. The molecule has 0 saturated carbocycles. The first-order valence-electron chi connectivity index (χ1n) is 8.55. The fourth-order valence-corrected chi connectivity index (χ4v) is 2.75. The van der Waals surface area contributed by atoms with Crippen molar-refractivity contribution < 1.29 is 19.4 Å². The number of aliphatic carboxylic acids is 1. The highest BCUT2D eigenvalue weighted by Crippen LogP contribution is 2.27. The monoisotopic (exact) mass is 355 g/mol. The van der Waals surface area contributed by atoms with Crippen molar-refractivity contribution in [1.82, 2.24) is 0 Å². The third-order valence-electron chi connectivity index (χ3n) is 4.13. The van der Waals surface area contributed by atoms with Gasteiger partial charge in [-0.05, 0) is 41.7 Å². The van der Waals surface area contributed by atoms with Gasteiger partial charge in [0.1, 0.15) is 12.4 Å². The molecular weight excluding hydrogens is 330 g/mol. The number of carbonyl (C=O) groups excluding carboxylic acids is 1. The van der Waals surface area contributed by atoms with Crippen LogP contribution in [0.15, 0.2) is 48.5 Å². The van der Waals surface area contributed by atoms with Crippen LogP contribution >= 0.6 is 0 Å². The van der Waals surface area contributed by atoms with E-state index in [0.717, 1.165) is 22.6 Å². The average molecular weight is 355 g/mol. The highest BCUT2D eigenvalue weighted by atomic mass is 16.5. The van der Waals surface area contributed by atoms with Crippen LogP contribution in [0.4, 0.5) is 5.69 Å². The van der Waals surface area contributed by atoms with Gasteiger partial charge in [0.05, 0.1) is 6.42 Å². The molecule has 138 valence electrons. The second kappa shape index (κ2) is 8.52. The first kappa shape index (κ1) is 19.5. The van der Waals surface area contributed by atoms with E-state index in [-0.39, 0.29) is 18.7 Å². The molecular formula is C21H25NO4. The molecule has 5 nitrogen and oxygen atoms in total. The van der Waals surface area contributed by atoms with Crippen molar-refractivity contribution in [2.45, 2.75) is 40.2 Å². The van der Waals surface area contributed by atoms with Gasteiger partial charge < -0.3 is 15.2 Å². The number of amides is 1. The molecule has 0 aliphatic carbocycles. The highest BCUT2D eigenvalue weighted by Gasteiger charge is 2.25. The van der Waals surface area contributed by atoms with Gasteiger partial charge in [-0.25, -0.2) is 0 Å². The molecule has 2 aromatic rings. The smallest absolute Gasteiger partial charge is 0.303 e. The first-order valence-corrected chi connectivity index (χ1v) is 8.55. The Morgan fingerprint density at radius 3 is 2.38 bits per heavy atom. The average Bonchev–Trinajstić information content (AvgIpc) is 2.54. The molecule has 26 heavy (non-hydrogen) atoms. The van der Waals surface area contributed by atoms with Crippen molar-refractivity contribution in [1.29, 1.82) is 0 Å². The lowest BCUT2D eigenvalue weighted by Gasteiger charge is -2.22. The van der Waals surface area contributed by atoms with Crippen LogP contribution in [0.2, 0.25) is 0 Å². The van der Waals surface area contributed by atoms with Crippen molar-refractivity contribution in [2.24, 2.45) is 5.41 Å². The van der Waals surface area contributed by atoms with E-state index in [4.69, 9.17) is 9.84 Å². The van der Waals surface area contributed by atoms with Crippen LogP contribution in [0, 0.1) is 12.3 Å². The number of para-hydroxylation sites is 1. The molecule has 0 atom stereocenters. The Morgan fingerprint density at radius 2 is 1.73 bits per heavy atom. The second-order valence-electron chi connectivity index (χ2n) is 7.15. The summed E-state index contributed by atoms with van der Waals surface area (Å²) < 4.78 is 5.78. The molecule has 0 aromatic heterocycles. The van der Waals surface area contributed by atoms with Gasteiger partial charge in [-0.15, -0.1) is 0 Å². The Bertz CT molecular complexity index is 769. The standard InChI is InChI=1S/C21H25NO4/c1-15-16(14-26-17-9-5-4-6-10-17)8-7-11-18(15)22-19(23)12-21(2,3)13-20(24)25/h4-11H,12-14H2,1-3H3,(H,22,23)(H,24,25). The molecule has 0 heterocycles. The maximum absolute atomic E-state index is 12.3. The molecule has 2 rings (SSSR count). The molecule has 2 aromatic carbocycles. The summed E-state index contributed by atoms with van der Waals surface area (Å²) in [5, 5.41) is 11.8. The van der Waals surface area contributed by atoms with E-state index in [1.165, 1.54) is 0 Å². The summed E-state index contributed by atoms with van der Waals surface area (Å²) in [6.07, 6.45) is 0.0911. The molecule has 0 bridgehead atoms. The summed E-state index contributed by atoms with van der Waals surface area (Å²) in [5.74, 6) is -0.309. The Labute approximate surface area is 154 Å². The van der Waals surface area contributed by atoms with Crippen LogP contribution in [0.5, 0.6) is 5.75 Å². The number of carbonyl (C=O) groups is 2. The minimum absolute atomic E-state index is 0.0512. The zero-order valence-corrected chi connectivity index (χ0v) is 15.4. The number of hydrogen-bond acceptors (Lipinski definition) is 3. The normalized spacial score (nSPS) is 11.0. The van der Waals surface area contributed by atoms with Gasteiger partial charge in [-0.3, -0.25) is 9.59 Å². The van der Waals surface area contributed by atoms with Crippen molar-refractivity contribution in [3.05, 3.63) is 59.7 Å². The quantitative estimate of drug-likeness (QED) is 0.736. The van der Waals surface area contributed by atoms with E-state index in [2.05, 4.69) is 5.32 Å². The summed E-state index contributed by atoms with van der Waals surface area (Å²) in [4.78, 5) is 23.2. The number of carboxylic acids is 1. The number of nitrogens with one attached hydrogen (secondary N) is 1. The summed E-state index contributed by atoms with van der Waals surface area (Å²) >= 11 is 0. The van der Waals surface area contributed by atoms with Gasteiger partial charge in [0.2, 0.25) is 5.91 Å². The largest absolute Gasteiger partial charge is 0.489 e. The SMILES string of the molecule is Cc1c(COc2ccccc2)cccc1NC(=O)CC(C)(C)CC(=O)O. The fraction of sp³-hybridized carbons (Fsp3) is 0.333. The molecule has 0 radical (unpaired) electrons. The van der Waals surface area contributed by atoms with Crippen molar-refractivity contribution in [3.63, 3.8) is 0 Å². The fourth-order valence-electron chi connectivity index (χ4n) is 2.75. The van der Waals surface area contributed by atoms with Gasteiger partial charge in [-0.2, -0.15) is 0 Å². The van der Waals surface area contributed by atoms with Crippen LogP contribution in [0.25, 0.3) is 0 Å². The number of rotatable bonds is 8. The number of ether oxygens (including phenoxy) is 1. The lowest BCUT2D eigenvalue weighted by atomic mass is 9.85. The number of hydrogen-bond donors (Lipinski definition) is 2. The lowest BCUT2D eigenvalue weighted by molar-refractivity contribution is -0.139. The predicted octanol–water partition coefficient (Wildman–Crippen LogP) is 4.40. The van der Waals surface area contributed by atoms with Gasteiger partial charge in [0.25, 0.3) is 0 Å². The zero-order valence-electron chi connectivity index (χ0n) is 15.4. The van der Waals surface area contributed by atoms with Crippen LogP contribution in [-0.2, 0) is 16.2 Å². The first-order chi connectivity index (χ1) is 12.3. The zero-order chi connectivity index (χ0) is 19.2. The van der Waals surface area contributed by atoms with Gasteiger partial charge in [0, 0.05) is 12.1 Å². The maximum atomic E-state index is 12.3. The topological polar surface area (TPSA) is 75.6 Å². The summed E-state index contributed by atoms with van der Waals surface area (Å²) in [6.45, 7) is 5.89. The summed E-state index contributed by atoms with van der Waals surface area (Å²) in [6, 6.07) is 15.2. The van der Waals surface area contributed by atoms with E-state index in [1.54, 1.807) is 13.8 Å². The van der Waals surface area contributed by atoms with Gasteiger partial charge in [0.15, 0.2) is 0 Å². The van der Waals surface area contributed by atoms with Crippen LogP contribution < -0.4 is 10.1 Å². The van der Waals surface area contributed by atoms with Crippen molar-refractivity contribution in [3.8, 4) is 5.75 Å². The maximum Gasteiger partial charge on any atom is 0.303 e. The van der Waals surface area contributed by atoms with Gasteiger partial charge in [-0.1, -0.05) is 44.2 Å². The third kappa shape index (κ3) is 5.92. The Balaban J connectivity index is 2.01. The van der Waals surface area contributed by atoms with Crippen LogP contribution in [0.3, 0.4) is 0 Å². The Hall–Kier alpha value is -2.82. The molecule has 0 aliphatic heterocycles. The van der Waals surface area contributed by atoms with Crippen LogP contribution in [-0.4, -0.2) is 17.0 Å². The minimum atomic E-state index is -0.904. The highest BCUT2D eigenvalue weighted by molar-refractivity contribution is 5.92. The minimum Gasteiger partial charge on any atom is -0.489 e. The molecule has 0 saturated heterocycles. The number of benzene rings is 2. The summed E-state index contributed by atoms with van der Waals surface area (Å²) in [7, 11) is 0. The number of carboxylic acid groups (broad SMARTS) is 1. The van der Waals surface area contributed by atoms with E-state index < -0.39 is 11.4 Å². The van der Waals surface area contributed by atoms with E-state index in [0.29, 0.717) is 6.61 Å². The van der Waals surface area contributed by atoms with Crippen LogP contribution in [0.1, 0.15) is 37.8 Å². The Kier molecular flexibility index (Phi) is 6.39.